The second-order valence-corrected chi connectivity index (χ2v) is 6.69. The monoisotopic (exact) mass is 459 g/mol. The van der Waals surface area contributed by atoms with Crippen LogP contribution in [0.15, 0.2) is 29.3 Å². The molecule has 0 saturated carbocycles. The smallest absolute Gasteiger partial charge is 0.191 e. The van der Waals surface area contributed by atoms with Gasteiger partial charge in [0.15, 0.2) is 5.96 Å². The number of hydrogen-bond acceptors (Lipinski definition) is 3. The Morgan fingerprint density at radius 1 is 1.16 bits per heavy atom. The number of nitrogens with zero attached hydrogens (tertiary/aromatic N) is 3. The first-order valence-corrected chi connectivity index (χ1v) is 9.08. The Morgan fingerprint density at radius 3 is 2.76 bits per heavy atom. The van der Waals surface area contributed by atoms with E-state index in [2.05, 4.69) is 63.7 Å². The Labute approximate surface area is 170 Å². The van der Waals surface area contributed by atoms with Crippen LogP contribution in [0.5, 0.6) is 0 Å². The Hall–Kier alpha value is -0.860. The lowest BCUT2D eigenvalue weighted by molar-refractivity contribution is 0.274. The van der Waals surface area contributed by atoms with Crippen molar-refractivity contribution in [1.29, 1.82) is 0 Å². The maximum Gasteiger partial charge on any atom is 0.191 e. The van der Waals surface area contributed by atoms with Gasteiger partial charge in [0.1, 0.15) is 0 Å². The Kier molecular flexibility index (Phi) is 11.1. The largest absolute Gasteiger partial charge is 0.356 e. The molecule has 1 heterocycles. The molecule has 2 N–H and O–H groups in total. The lowest BCUT2D eigenvalue weighted by Gasteiger charge is -2.20. The number of nitrogens with one attached hydrogen (secondary N) is 2. The van der Waals surface area contributed by atoms with Crippen LogP contribution < -0.4 is 10.6 Å². The van der Waals surface area contributed by atoms with Crippen molar-refractivity contribution < 1.29 is 0 Å². The molecule has 1 saturated heterocycles. The summed E-state index contributed by atoms with van der Waals surface area (Å²) in [6, 6.07) is 8.57. The molecule has 1 aliphatic rings. The zero-order valence-electron chi connectivity index (χ0n) is 15.9. The van der Waals surface area contributed by atoms with Crippen molar-refractivity contribution in [3.05, 3.63) is 35.4 Å². The summed E-state index contributed by atoms with van der Waals surface area (Å²) < 4.78 is 0. The Morgan fingerprint density at radius 2 is 2.00 bits per heavy atom. The van der Waals surface area contributed by atoms with E-state index in [0.29, 0.717) is 0 Å². The average molecular weight is 459 g/mol. The van der Waals surface area contributed by atoms with Crippen molar-refractivity contribution >= 4 is 29.9 Å². The van der Waals surface area contributed by atoms with Crippen LogP contribution in [0.4, 0.5) is 0 Å². The average Bonchev–Trinajstić information content (AvgIpc) is 2.79. The molecule has 0 bridgehead atoms. The van der Waals surface area contributed by atoms with Crippen molar-refractivity contribution in [1.82, 2.24) is 20.4 Å². The fraction of sp³-hybridized carbons (Fsp3) is 0.632. The fourth-order valence-electron chi connectivity index (χ4n) is 3.06. The first kappa shape index (κ1) is 22.2. The standard InChI is InChI=1S/C19H33N5.HI/c1-17-7-4-8-18(15-17)16-22-19(20-2)21-9-5-11-24-12-6-10-23(3)13-14-24;/h4,7-8,15H,5-6,9-14,16H2,1-3H3,(H2,20,21,22);1H. The normalized spacial score (nSPS) is 16.8. The fourth-order valence-corrected chi connectivity index (χ4v) is 3.06. The van der Waals surface area contributed by atoms with Crippen LogP contribution in [-0.2, 0) is 6.54 Å². The number of benzene rings is 1. The second kappa shape index (κ2) is 12.5. The van der Waals surface area contributed by atoms with Crippen LogP contribution in [0.1, 0.15) is 24.0 Å². The van der Waals surface area contributed by atoms with Gasteiger partial charge < -0.3 is 20.4 Å². The number of aryl methyl sites for hydroxylation is 1. The minimum absolute atomic E-state index is 0. The Bertz CT molecular complexity index is 520. The highest BCUT2D eigenvalue weighted by Gasteiger charge is 2.11. The van der Waals surface area contributed by atoms with Crippen LogP contribution in [0.3, 0.4) is 0 Å². The first-order valence-electron chi connectivity index (χ1n) is 9.08. The molecule has 0 aromatic heterocycles. The number of hydrogen-bond donors (Lipinski definition) is 2. The molecule has 142 valence electrons. The molecular formula is C19H34IN5. The van der Waals surface area contributed by atoms with Gasteiger partial charge in [0.25, 0.3) is 0 Å². The number of guanidine groups is 1. The molecular weight excluding hydrogens is 425 g/mol. The van der Waals surface area contributed by atoms with Crippen molar-refractivity contribution in [2.24, 2.45) is 4.99 Å². The van der Waals surface area contributed by atoms with Gasteiger partial charge in [-0.25, -0.2) is 0 Å². The van der Waals surface area contributed by atoms with E-state index >= 15 is 0 Å². The van der Waals surface area contributed by atoms with Gasteiger partial charge in [-0.05, 0) is 52.0 Å². The van der Waals surface area contributed by atoms with E-state index in [1.54, 1.807) is 0 Å². The van der Waals surface area contributed by atoms with E-state index in [1.165, 1.54) is 43.7 Å². The van der Waals surface area contributed by atoms with Gasteiger partial charge in [-0.3, -0.25) is 4.99 Å². The van der Waals surface area contributed by atoms with Gasteiger partial charge in [-0.15, -0.1) is 24.0 Å². The van der Waals surface area contributed by atoms with Crippen LogP contribution in [0.2, 0.25) is 0 Å². The summed E-state index contributed by atoms with van der Waals surface area (Å²) in [5.41, 5.74) is 2.58. The molecule has 0 amide bonds. The summed E-state index contributed by atoms with van der Waals surface area (Å²) in [6.45, 7) is 9.88. The number of rotatable bonds is 6. The third kappa shape index (κ3) is 8.87. The van der Waals surface area contributed by atoms with E-state index < -0.39 is 0 Å². The molecule has 6 heteroatoms. The van der Waals surface area contributed by atoms with E-state index in [-0.39, 0.29) is 24.0 Å². The van der Waals surface area contributed by atoms with E-state index in [1.807, 2.05) is 7.05 Å². The summed E-state index contributed by atoms with van der Waals surface area (Å²) in [6.07, 6.45) is 2.43. The maximum absolute atomic E-state index is 4.31. The zero-order valence-corrected chi connectivity index (χ0v) is 18.3. The summed E-state index contributed by atoms with van der Waals surface area (Å²) in [5.74, 6) is 0.882. The molecule has 2 rings (SSSR count). The van der Waals surface area contributed by atoms with Crippen molar-refractivity contribution in [3.8, 4) is 0 Å². The van der Waals surface area contributed by atoms with Gasteiger partial charge >= 0.3 is 0 Å². The second-order valence-electron chi connectivity index (χ2n) is 6.69. The van der Waals surface area contributed by atoms with Crippen LogP contribution in [0, 0.1) is 6.92 Å². The molecule has 1 aromatic rings. The third-order valence-corrected chi connectivity index (χ3v) is 4.52. The minimum Gasteiger partial charge on any atom is -0.356 e. The highest BCUT2D eigenvalue weighted by Crippen LogP contribution is 2.03. The van der Waals surface area contributed by atoms with Crippen LogP contribution in [0.25, 0.3) is 0 Å². The maximum atomic E-state index is 4.31. The van der Waals surface area contributed by atoms with E-state index in [0.717, 1.165) is 32.0 Å². The van der Waals surface area contributed by atoms with Gasteiger partial charge in [0.05, 0.1) is 0 Å². The molecule has 1 aliphatic heterocycles. The third-order valence-electron chi connectivity index (χ3n) is 4.52. The molecule has 0 unspecified atom stereocenters. The molecule has 1 fully saturated rings. The highest BCUT2D eigenvalue weighted by atomic mass is 127. The van der Waals surface area contributed by atoms with E-state index in [9.17, 15) is 0 Å². The van der Waals surface area contributed by atoms with Crippen LogP contribution in [-0.4, -0.2) is 69.1 Å². The lowest BCUT2D eigenvalue weighted by Crippen LogP contribution is -2.38. The van der Waals surface area contributed by atoms with Crippen LogP contribution >= 0.6 is 24.0 Å². The van der Waals surface area contributed by atoms with Crippen molar-refractivity contribution in [2.75, 3.05) is 53.4 Å². The molecule has 25 heavy (non-hydrogen) atoms. The molecule has 0 aliphatic carbocycles. The summed E-state index contributed by atoms with van der Waals surface area (Å²) >= 11 is 0. The van der Waals surface area contributed by atoms with Crippen molar-refractivity contribution in [2.45, 2.75) is 26.3 Å². The van der Waals surface area contributed by atoms with Crippen molar-refractivity contribution in [3.63, 3.8) is 0 Å². The van der Waals surface area contributed by atoms with E-state index in [4.69, 9.17) is 0 Å². The SMILES string of the molecule is CN=C(NCCCN1CCCN(C)CC1)NCc1cccc(C)c1.I. The highest BCUT2D eigenvalue weighted by molar-refractivity contribution is 14.0. The quantitative estimate of drug-likeness (QED) is 0.297. The summed E-state index contributed by atoms with van der Waals surface area (Å²) in [4.78, 5) is 9.31. The number of likely N-dealkylation sites (N-methyl/N-ethyl adjacent to an activating group) is 1. The predicted molar refractivity (Wildman–Crippen MR) is 118 cm³/mol. The number of halogens is 1. The first-order chi connectivity index (χ1) is 11.7. The summed E-state index contributed by atoms with van der Waals surface area (Å²) in [7, 11) is 4.05. The predicted octanol–water partition coefficient (Wildman–Crippen LogP) is 2.31. The lowest BCUT2D eigenvalue weighted by atomic mass is 10.1. The van der Waals surface area contributed by atoms with Gasteiger partial charge in [-0.2, -0.15) is 0 Å². The van der Waals surface area contributed by atoms with Gasteiger partial charge in [0.2, 0.25) is 0 Å². The molecule has 5 nitrogen and oxygen atoms in total. The topological polar surface area (TPSA) is 42.9 Å². The summed E-state index contributed by atoms with van der Waals surface area (Å²) in [5, 5.41) is 6.81. The molecule has 0 radical (unpaired) electrons. The molecule has 0 spiro atoms. The molecule has 0 atom stereocenters. The zero-order chi connectivity index (χ0) is 17.2. The Balaban J connectivity index is 0.00000312. The molecule has 1 aromatic carbocycles. The minimum atomic E-state index is 0. The van der Waals surface area contributed by atoms with Gasteiger partial charge in [-0.1, -0.05) is 29.8 Å². The number of aliphatic imine (C=N–C) groups is 1. The van der Waals surface area contributed by atoms with Gasteiger partial charge in [0, 0.05) is 33.2 Å².